The average Bonchev–Trinajstić information content (AvgIpc) is 2.35. The third-order valence-corrected chi connectivity index (χ3v) is 3.72. The fourth-order valence-corrected chi connectivity index (χ4v) is 2.18. The zero-order valence-electron chi connectivity index (χ0n) is 14.0. The summed E-state index contributed by atoms with van der Waals surface area (Å²) in [7, 11) is 0. The second kappa shape index (κ2) is 10.8. The summed E-state index contributed by atoms with van der Waals surface area (Å²) in [5.74, 6) is 1.19. The molecule has 0 rings (SSSR count). The average molecular weight is 280 g/mol. The van der Waals surface area contributed by atoms with Crippen molar-refractivity contribution in [3.8, 4) is 0 Å². The van der Waals surface area contributed by atoms with Gasteiger partial charge in [0, 0.05) is 18.8 Å². The smallest absolute Gasteiger partial charge is 0.136 e. The van der Waals surface area contributed by atoms with E-state index in [1.54, 1.807) is 6.92 Å². The Balaban J connectivity index is 3.85. The van der Waals surface area contributed by atoms with Crippen LogP contribution in [0.3, 0.4) is 0 Å². The highest BCUT2D eigenvalue weighted by Crippen LogP contribution is 2.15. The lowest BCUT2D eigenvalue weighted by atomic mass is 9.95. The van der Waals surface area contributed by atoms with E-state index >= 15 is 0 Å². The van der Waals surface area contributed by atoms with Crippen LogP contribution in [0.5, 0.6) is 0 Å². The van der Waals surface area contributed by atoms with Crippen molar-refractivity contribution < 1.29 is 9.59 Å². The molecule has 0 spiro atoms. The number of carbonyl (C=O) groups is 2. The Kier molecular flexibility index (Phi) is 10.3. The summed E-state index contributed by atoms with van der Waals surface area (Å²) in [6.45, 7) is 10.2. The number of ketones is 2. The molecule has 0 aliphatic heterocycles. The van der Waals surface area contributed by atoms with Crippen LogP contribution in [0.2, 0.25) is 0 Å². The predicted octanol–water partition coefficient (Wildman–Crippen LogP) is 5.11. The maximum Gasteiger partial charge on any atom is 0.136 e. The van der Waals surface area contributed by atoms with Gasteiger partial charge in [0.05, 0.1) is 0 Å². The third-order valence-electron chi connectivity index (χ3n) is 3.72. The lowest BCUT2D eigenvalue weighted by Gasteiger charge is -2.09. The number of carbonyl (C=O) groups excluding carboxylic acids is 2. The highest BCUT2D eigenvalue weighted by atomic mass is 16.1. The molecule has 2 heteroatoms. The van der Waals surface area contributed by atoms with Gasteiger partial charge in [0.1, 0.15) is 11.6 Å². The predicted molar refractivity (Wildman–Crippen MR) is 85.8 cm³/mol. The van der Waals surface area contributed by atoms with Gasteiger partial charge in [-0.3, -0.25) is 4.79 Å². The Morgan fingerprint density at radius 3 is 2.15 bits per heavy atom. The number of rotatable bonds is 11. The summed E-state index contributed by atoms with van der Waals surface area (Å²) >= 11 is 0. The lowest BCUT2D eigenvalue weighted by Crippen LogP contribution is -2.11. The van der Waals surface area contributed by atoms with Crippen molar-refractivity contribution in [1.29, 1.82) is 0 Å². The summed E-state index contributed by atoms with van der Waals surface area (Å²) in [6, 6.07) is 0. The van der Waals surface area contributed by atoms with E-state index in [4.69, 9.17) is 0 Å². The second-order valence-electron chi connectivity index (χ2n) is 6.48. The van der Waals surface area contributed by atoms with E-state index < -0.39 is 0 Å². The Hall–Kier alpha value is -0.920. The van der Waals surface area contributed by atoms with Crippen molar-refractivity contribution in [1.82, 2.24) is 0 Å². The molecule has 0 saturated carbocycles. The van der Waals surface area contributed by atoms with Crippen LogP contribution >= 0.6 is 0 Å². The van der Waals surface area contributed by atoms with Gasteiger partial charge >= 0.3 is 0 Å². The van der Waals surface area contributed by atoms with Crippen molar-refractivity contribution in [2.45, 2.75) is 79.6 Å². The molecule has 0 aliphatic rings. The maximum absolute atomic E-state index is 11.8. The van der Waals surface area contributed by atoms with E-state index in [1.165, 1.54) is 24.8 Å². The van der Waals surface area contributed by atoms with Crippen molar-refractivity contribution in [2.24, 2.45) is 11.8 Å². The zero-order chi connectivity index (χ0) is 15.5. The first-order valence-corrected chi connectivity index (χ1v) is 8.00. The van der Waals surface area contributed by atoms with Crippen molar-refractivity contribution in [3.63, 3.8) is 0 Å². The maximum atomic E-state index is 11.8. The minimum atomic E-state index is 0.0778. The van der Waals surface area contributed by atoms with E-state index in [2.05, 4.69) is 26.8 Å². The molecule has 0 aromatic heterocycles. The van der Waals surface area contributed by atoms with Crippen LogP contribution in [0.25, 0.3) is 0 Å². The van der Waals surface area contributed by atoms with E-state index in [-0.39, 0.29) is 17.5 Å². The van der Waals surface area contributed by atoms with Gasteiger partial charge in [-0.2, -0.15) is 0 Å². The van der Waals surface area contributed by atoms with Crippen LogP contribution in [0, 0.1) is 11.8 Å². The fraction of sp³-hybridized carbons (Fsp3) is 0.778. The lowest BCUT2D eigenvalue weighted by molar-refractivity contribution is -0.125. The van der Waals surface area contributed by atoms with Crippen LogP contribution in [0.1, 0.15) is 79.6 Å². The van der Waals surface area contributed by atoms with Crippen LogP contribution in [0.15, 0.2) is 11.6 Å². The standard InChI is InChI=1S/C18H32O2/c1-14(2)8-6-9-15(3)10-7-11-16(4)18(20)13-12-17(5)19/h10,14,16H,6-9,11-13H2,1-5H3. The number of allylic oxidation sites excluding steroid dienone is 2. The van der Waals surface area contributed by atoms with Crippen molar-refractivity contribution in [2.75, 3.05) is 0 Å². The summed E-state index contributed by atoms with van der Waals surface area (Å²) in [6.07, 6.45) is 8.66. The summed E-state index contributed by atoms with van der Waals surface area (Å²) in [5.41, 5.74) is 1.44. The van der Waals surface area contributed by atoms with Gasteiger partial charge in [-0.25, -0.2) is 0 Å². The molecule has 0 aromatic rings. The van der Waals surface area contributed by atoms with Gasteiger partial charge in [0.15, 0.2) is 0 Å². The Morgan fingerprint density at radius 2 is 1.60 bits per heavy atom. The van der Waals surface area contributed by atoms with E-state index in [1.807, 2.05) is 6.92 Å². The molecule has 1 atom stereocenters. The van der Waals surface area contributed by atoms with E-state index in [9.17, 15) is 9.59 Å². The topological polar surface area (TPSA) is 34.1 Å². The molecular weight excluding hydrogens is 248 g/mol. The molecule has 0 N–H and O–H groups in total. The molecule has 116 valence electrons. The largest absolute Gasteiger partial charge is 0.300 e. The van der Waals surface area contributed by atoms with Gasteiger partial charge in [-0.1, -0.05) is 38.8 Å². The molecular formula is C18H32O2. The van der Waals surface area contributed by atoms with Crippen molar-refractivity contribution in [3.05, 3.63) is 11.6 Å². The highest BCUT2D eigenvalue weighted by Gasteiger charge is 2.12. The van der Waals surface area contributed by atoms with Crippen LogP contribution in [-0.4, -0.2) is 11.6 Å². The van der Waals surface area contributed by atoms with Gasteiger partial charge in [0.25, 0.3) is 0 Å². The Bertz CT molecular complexity index is 326. The van der Waals surface area contributed by atoms with E-state index in [0.717, 1.165) is 18.8 Å². The third kappa shape index (κ3) is 11.0. The first kappa shape index (κ1) is 19.1. The normalized spacial score (nSPS) is 13.6. The molecule has 2 nitrogen and oxygen atoms in total. The molecule has 20 heavy (non-hydrogen) atoms. The highest BCUT2D eigenvalue weighted by molar-refractivity contribution is 5.86. The van der Waals surface area contributed by atoms with Gasteiger partial charge < -0.3 is 4.79 Å². The first-order chi connectivity index (χ1) is 9.32. The van der Waals surface area contributed by atoms with Crippen LogP contribution < -0.4 is 0 Å². The van der Waals surface area contributed by atoms with E-state index in [0.29, 0.717) is 12.8 Å². The van der Waals surface area contributed by atoms with Crippen LogP contribution in [-0.2, 0) is 9.59 Å². The molecule has 0 amide bonds. The SMILES string of the molecule is CC(=O)CCC(=O)C(C)CCC=C(C)CCCC(C)C. The molecule has 0 radical (unpaired) electrons. The summed E-state index contributed by atoms with van der Waals surface area (Å²) in [5, 5.41) is 0. The minimum Gasteiger partial charge on any atom is -0.300 e. The Morgan fingerprint density at radius 1 is 0.950 bits per heavy atom. The second-order valence-corrected chi connectivity index (χ2v) is 6.48. The first-order valence-electron chi connectivity index (χ1n) is 8.00. The number of hydrogen-bond donors (Lipinski definition) is 0. The number of hydrogen-bond acceptors (Lipinski definition) is 2. The van der Waals surface area contributed by atoms with Gasteiger partial charge in [-0.05, 0) is 45.4 Å². The summed E-state index contributed by atoms with van der Waals surface area (Å²) in [4.78, 5) is 22.7. The monoisotopic (exact) mass is 280 g/mol. The van der Waals surface area contributed by atoms with Gasteiger partial charge in [-0.15, -0.1) is 0 Å². The fourth-order valence-electron chi connectivity index (χ4n) is 2.18. The summed E-state index contributed by atoms with van der Waals surface area (Å²) < 4.78 is 0. The van der Waals surface area contributed by atoms with Crippen molar-refractivity contribution >= 4 is 11.6 Å². The van der Waals surface area contributed by atoms with Crippen LogP contribution in [0.4, 0.5) is 0 Å². The molecule has 0 aromatic carbocycles. The Labute approximate surface area is 125 Å². The molecule has 0 bridgehead atoms. The molecule has 0 saturated heterocycles. The number of Topliss-reactive ketones (excluding diaryl/α,β-unsaturated/α-hetero) is 2. The quantitative estimate of drug-likeness (QED) is 0.493. The molecule has 1 unspecified atom stereocenters. The molecule has 0 fully saturated rings. The zero-order valence-corrected chi connectivity index (χ0v) is 14.0. The molecule has 0 heterocycles. The minimum absolute atomic E-state index is 0.0778. The molecule has 0 aliphatic carbocycles. The van der Waals surface area contributed by atoms with Gasteiger partial charge in [0.2, 0.25) is 0 Å².